The van der Waals surface area contributed by atoms with Gasteiger partial charge >= 0.3 is 0 Å². The summed E-state index contributed by atoms with van der Waals surface area (Å²) < 4.78 is 13.8. The van der Waals surface area contributed by atoms with E-state index in [0.717, 1.165) is 19.6 Å². The molecule has 3 N–H and O–H groups in total. The molecule has 5 heteroatoms. The van der Waals surface area contributed by atoms with Gasteiger partial charge in [0, 0.05) is 18.8 Å². The number of likely N-dealkylation sites (N-methyl/N-ethyl adjacent to an activating group) is 1. The summed E-state index contributed by atoms with van der Waals surface area (Å²) in [5.41, 5.74) is 6.42. The molecule has 0 aromatic heterocycles. The standard InChI is InChI=1S/C14H22FN3O/c1-4-18(5-2)7-6-17-14(19)12-9-11(16)8-10(3)13(12)15/h8-9H,4-7,16H2,1-3H3,(H,17,19). The van der Waals surface area contributed by atoms with Gasteiger partial charge in [0.2, 0.25) is 0 Å². The molecule has 0 heterocycles. The van der Waals surface area contributed by atoms with Gasteiger partial charge in [-0.15, -0.1) is 0 Å². The molecule has 106 valence electrons. The summed E-state index contributed by atoms with van der Waals surface area (Å²) in [6, 6.07) is 2.89. The van der Waals surface area contributed by atoms with Crippen LogP contribution in [0.25, 0.3) is 0 Å². The van der Waals surface area contributed by atoms with Crippen LogP contribution in [0.15, 0.2) is 12.1 Å². The number of rotatable bonds is 6. The van der Waals surface area contributed by atoms with Crippen LogP contribution < -0.4 is 11.1 Å². The van der Waals surface area contributed by atoms with Crippen LogP contribution in [0.3, 0.4) is 0 Å². The van der Waals surface area contributed by atoms with Gasteiger partial charge in [-0.2, -0.15) is 0 Å². The molecule has 0 aliphatic heterocycles. The van der Waals surface area contributed by atoms with Crippen molar-refractivity contribution in [1.82, 2.24) is 10.2 Å². The minimum absolute atomic E-state index is 0.0112. The van der Waals surface area contributed by atoms with Crippen LogP contribution in [0.2, 0.25) is 0 Å². The summed E-state index contributed by atoms with van der Waals surface area (Å²) in [5.74, 6) is -0.922. The van der Waals surface area contributed by atoms with E-state index in [1.165, 1.54) is 12.1 Å². The number of halogens is 1. The highest BCUT2D eigenvalue weighted by atomic mass is 19.1. The summed E-state index contributed by atoms with van der Waals surface area (Å²) in [7, 11) is 0. The lowest BCUT2D eigenvalue weighted by Crippen LogP contribution is -2.35. The van der Waals surface area contributed by atoms with Crippen LogP contribution in [0.5, 0.6) is 0 Å². The zero-order chi connectivity index (χ0) is 14.4. The smallest absolute Gasteiger partial charge is 0.254 e. The van der Waals surface area contributed by atoms with Crippen molar-refractivity contribution in [1.29, 1.82) is 0 Å². The number of amides is 1. The normalized spacial score (nSPS) is 10.8. The number of aryl methyl sites for hydroxylation is 1. The Hall–Kier alpha value is -1.62. The highest BCUT2D eigenvalue weighted by Crippen LogP contribution is 2.16. The van der Waals surface area contributed by atoms with E-state index < -0.39 is 11.7 Å². The third-order valence-corrected chi connectivity index (χ3v) is 3.13. The predicted molar refractivity (Wildman–Crippen MR) is 75.7 cm³/mol. The van der Waals surface area contributed by atoms with E-state index in [0.29, 0.717) is 17.8 Å². The van der Waals surface area contributed by atoms with Gasteiger partial charge in [0.15, 0.2) is 0 Å². The molecule has 1 aromatic carbocycles. The number of carbonyl (C=O) groups excluding carboxylic acids is 1. The molecule has 0 aliphatic carbocycles. The second-order valence-corrected chi connectivity index (χ2v) is 4.48. The first-order chi connectivity index (χ1) is 8.99. The van der Waals surface area contributed by atoms with Gasteiger partial charge in [-0.3, -0.25) is 4.79 Å². The zero-order valence-electron chi connectivity index (χ0n) is 11.8. The van der Waals surface area contributed by atoms with Crippen molar-refractivity contribution in [3.63, 3.8) is 0 Å². The molecule has 0 saturated carbocycles. The average Bonchev–Trinajstić information content (AvgIpc) is 2.38. The average molecular weight is 267 g/mol. The Bertz CT molecular complexity index is 445. The third kappa shape index (κ3) is 4.21. The molecule has 19 heavy (non-hydrogen) atoms. The Kier molecular flexibility index (Phi) is 5.76. The molecule has 0 unspecified atom stereocenters. The fourth-order valence-electron chi connectivity index (χ4n) is 1.93. The van der Waals surface area contributed by atoms with Crippen molar-refractivity contribution < 1.29 is 9.18 Å². The third-order valence-electron chi connectivity index (χ3n) is 3.13. The number of hydrogen-bond acceptors (Lipinski definition) is 3. The number of nitrogens with two attached hydrogens (primary N) is 1. The first-order valence-electron chi connectivity index (χ1n) is 6.55. The largest absolute Gasteiger partial charge is 0.399 e. The minimum atomic E-state index is -0.505. The molecule has 0 saturated heterocycles. The van der Waals surface area contributed by atoms with Gasteiger partial charge in [-0.05, 0) is 37.7 Å². The van der Waals surface area contributed by atoms with Crippen LogP contribution in [0.4, 0.5) is 10.1 Å². The van der Waals surface area contributed by atoms with Crippen molar-refractivity contribution in [3.8, 4) is 0 Å². The maximum atomic E-state index is 13.8. The molecule has 0 spiro atoms. The topological polar surface area (TPSA) is 58.4 Å². The van der Waals surface area contributed by atoms with Gasteiger partial charge in [0.1, 0.15) is 5.82 Å². The van der Waals surface area contributed by atoms with Crippen molar-refractivity contribution in [2.75, 3.05) is 31.9 Å². The monoisotopic (exact) mass is 267 g/mol. The number of nitrogen functional groups attached to an aromatic ring is 1. The molecular formula is C14H22FN3O. The summed E-state index contributed by atoms with van der Waals surface area (Å²) in [6.07, 6.45) is 0. The number of nitrogens with one attached hydrogen (secondary N) is 1. The van der Waals surface area contributed by atoms with Crippen LogP contribution >= 0.6 is 0 Å². The Labute approximate surface area is 113 Å². The van der Waals surface area contributed by atoms with Gasteiger partial charge in [-0.1, -0.05) is 13.8 Å². The Morgan fingerprint density at radius 1 is 1.37 bits per heavy atom. The number of benzene rings is 1. The highest BCUT2D eigenvalue weighted by molar-refractivity contribution is 5.95. The molecule has 1 amide bonds. The highest BCUT2D eigenvalue weighted by Gasteiger charge is 2.14. The van der Waals surface area contributed by atoms with E-state index in [1.807, 2.05) is 0 Å². The predicted octanol–water partition coefficient (Wildman–Crippen LogP) is 1.79. The summed E-state index contributed by atoms with van der Waals surface area (Å²) in [4.78, 5) is 14.1. The number of anilines is 1. The number of nitrogens with zero attached hydrogens (tertiary/aromatic N) is 1. The van der Waals surface area contributed by atoms with E-state index in [2.05, 4.69) is 24.1 Å². The Morgan fingerprint density at radius 3 is 2.58 bits per heavy atom. The minimum Gasteiger partial charge on any atom is -0.399 e. The van der Waals surface area contributed by atoms with Crippen molar-refractivity contribution in [2.24, 2.45) is 0 Å². The maximum Gasteiger partial charge on any atom is 0.254 e. The lowest BCUT2D eigenvalue weighted by atomic mass is 10.1. The molecule has 0 bridgehead atoms. The number of hydrogen-bond donors (Lipinski definition) is 2. The molecule has 0 aliphatic rings. The molecule has 0 atom stereocenters. The van der Waals surface area contributed by atoms with Crippen molar-refractivity contribution in [3.05, 3.63) is 29.1 Å². The van der Waals surface area contributed by atoms with E-state index in [1.54, 1.807) is 6.92 Å². The SMILES string of the molecule is CCN(CC)CCNC(=O)c1cc(N)cc(C)c1F. The zero-order valence-corrected chi connectivity index (χ0v) is 11.8. The fourth-order valence-corrected chi connectivity index (χ4v) is 1.93. The first kappa shape index (κ1) is 15.4. The molecule has 0 radical (unpaired) electrons. The van der Waals surface area contributed by atoms with Crippen LogP contribution in [-0.2, 0) is 0 Å². The lowest BCUT2D eigenvalue weighted by Gasteiger charge is -2.18. The molecular weight excluding hydrogens is 245 g/mol. The second kappa shape index (κ2) is 7.09. The summed E-state index contributed by atoms with van der Waals surface area (Å²) >= 11 is 0. The van der Waals surface area contributed by atoms with Gasteiger partial charge in [0.05, 0.1) is 5.56 Å². The fraction of sp³-hybridized carbons (Fsp3) is 0.500. The first-order valence-corrected chi connectivity index (χ1v) is 6.55. The van der Waals surface area contributed by atoms with E-state index in [9.17, 15) is 9.18 Å². The van der Waals surface area contributed by atoms with E-state index in [4.69, 9.17) is 5.73 Å². The summed E-state index contributed by atoms with van der Waals surface area (Å²) in [6.45, 7) is 8.82. The Balaban J connectivity index is 2.64. The second-order valence-electron chi connectivity index (χ2n) is 4.48. The van der Waals surface area contributed by atoms with Crippen LogP contribution in [0, 0.1) is 12.7 Å². The van der Waals surface area contributed by atoms with Gasteiger partial charge < -0.3 is 16.0 Å². The quantitative estimate of drug-likeness (QED) is 0.773. The van der Waals surface area contributed by atoms with Crippen LogP contribution in [-0.4, -0.2) is 37.0 Å². The lowest BCUT2D eigenvalue weighted by molar-refractivity contribution is 0.0944. The van der Waals surface area contributed by atoms with E-state index >= 15 is 0 Å². The maximum absolute atomic E-state index is 13.8. The molecule has 1 rings (SSSR count). The summed E-state index contributed by atoms with van der Waals surface area (Å²) in [5, 5.41) is 2.72. The molecule has 4 nitrogen and oxygen atoms in total. The molecule has 0 fully saturated rings. The van der Waals surface area contributed by atoms with Gasteiger partial charge in [-0.25, -0.2) is 4.39 Å². The van der Waals surface area contributed by atoms with Crippen molar-refractivity contribution >= 4 is 11.6 Å². The van der Waals surface area contributed by atoms with Crippen molar-refractivity contribution in [2.45, 2.75) is 20.8 Å². The number of carbonyl (C=O) groups is 1. The van der Waals surface area contributed by atoms with Crippen LogP contribution in [0.1, 0.15) is 29.8 Å². The van der Waals surface area contributed by atoms with Gasteiger partial charge in [0.25, 0.3) is 5.91 Å². The van der Waals surface area contributed by atoms with E-state index in [-0.39, 0.29) is 5.56 Å². The Morgan fingerprint density at radius 2 is 2.00 bits per heavy atom. The molecule has 1 aromatic rings.